The molecule has 3 N–H and O–H groups in total. The summed E-state index contributed by atoms with van der Waals surface area (Å²) in [6, 6.07) is 0. The van der Waals surface area contributed by atoms with E-state index in [1.54, 1.807) is 7.05 Å². The largest absolute Gasteiger partial charge is 0.360 e. The standard InChI is InChI=1S/C11H24.CH5N/c1-5-8-9-11(7-3)10(4)6-2;1-2/h10-11H,5-9H2,1-4H3;2H2,1H3/p+1. The lowest BCUT2D eigenvalue weighted by molar-refractivity contribution is -0.325. The maximum Gasteiger partial charge on any atom is 0.0634 e. The second kappa shape index (κ2) is 12.0. The molecule has 0 radical (unpaired) electrons. The molecular weight excluding hydrogens is 158 g/mol. The summed E-state index contributed by atoms with van der Waals surface area (Å²) in [4.78, 5) is 0. The molecule has 0 aliphatic rings. The van der Waals surface area contributed by atoms with Crippen molar-refractivity contribution in [2.24, 2.45) is 11.8 Å². The zero-order valence-corrected chi connectivity index (χ0v) is 10.4. The predicted molar refractivity (Wildman–Crippen MR) is 61.6 cm³/mol. The van der Waals surface area contributed by atoms with E-state index in [0.29, 0.717) is 0 Å². The summed E-state index contributed by atoms with van der Waals surface area (Å²) in [5.41, 5.74) is 3.25. The fourth-order valence-corrected chi connectivity index (χ4v) is 1.69. The van der Waals surface area contributed by atoms with Crippen molar-refractivity contribution < 1.29 is 5.73 Å². The summed E-state index contributed by atoms with van der Waals surface area (Å²) < 4.78 is 0. The maximum absolute atomic E-state index is 3.25. The normalized spacial score (nSPS) is 14.3. The van der Waals surface area contributed by atoms with E-state index in [-0.39, 0.29) is 0 Å². The Bertz CT molecular complexity index is 81.2. The first-order valence-corrected chi connectivity index (χ1v) is 5.96. The molecule has 82 valence electrons. The lowest BCUT2D eigenvalue weighted by Crippen LogP contribution is -2.40. The van der Waals surface area contributed by atoms with Gasteiger partial charge in [0.2, 0.25) is 0 Å². The molecule has 0 rings (SSSR count). The van der Waals surface area contributed by atoms with Gasteiger partial charge in [0.05, 0.1) is 7.05 Å². The van der Waals surface area contributed by atoms with E-state index in [1.165, 1.54) is 32.1 Å². The molecule has 0 bridgehead atoms. The molecule has 0 amide bonds. The van der Waals surface area contributed by atoms with Crippen molar-refractivity contribution in [2.45, 2.75) is 59.8 Å². The van der Waals surface area contributed by atoms with Gasteiger partial charge in [-0.3, -0.25) is 0 Å². The van der Waals surface area contributed by atoms with Crippen LogP contribution in [0.3, 0.4) is 0 Å². The second-order valence-corrected chi connectivity index (χ2v) is 3.70. The molecule has 0 aromatic rings. The average Bonchev–Trinajstić information content (AvgIpc) is 2.21. The van der Waals surface area contributed by atoms with Crippen molar-refractivity contribution in [1.29, 1.82) is 0 Å². The Morgan fingerprint density at radius 2 is 1.54 bits per heavy atom. The Hall–Kier alpha value is -0.0400. The Balaban J connectivity index is 0. The third kappa shape index (κ3) is 8.29. The van der Waals surface area contributed by atoms with Crippen molar-refractivity contribution in [3.05, 3.63) is 0 Å². The summed E-state index contributed by atoms with van der Waals surface area (Å²) in [5.74, 6) is 1.92. The van der Waals surface area contributed by atoms with Crippen LogP contribution >= 0.6 is 0 Å². The zero-order valence-electron chi connectivity index (χ0n) is 10.4. The molecule has 2 atom stereocenters. The maximum atomic E-state index is 3.25. The predicted octanol–water partition coefficient (Wildman–Crippen LogP) is 3.11. The van der Waals surface area contributed by atoms with Gasteiger partial charge in [0.15, 0.2) is 0 Å². The van der Waals surface area contributed by atoms with Gasteiger partial charge in [-0.2, -0.15) is 0 Å². The smallest absolute Gasteiger partial charge is 0.0634 e. The zero-order chi connectivity index (χ0) is 10.7. The number of hydrogen-bond acceptors (Lipinski definition) is 0. The fourth-order valence-electron chi connectivity index (χ4n) is 1.69. The van der Waals surface area contributed by atoms with Crippen LogP contribution in [0.2, 0.25) is 0 Å². The first-order valence-electron chi connectivity index (χ1n) is 5.96. The molecule has 0 aromatic heterocycles. The number of quaternary nitrogens is 1. The topological polar surface area (TPSA) is 27.6 Å². The van der Waals surface area contributed by atoms with Crippen LogP contribution in [-0.4, -0.2) is 7.05 Å². The number of rotatable bonds is 6. The van der Waals surface area contributed by atoms with E-state index in [0.717, 1.165) is 11.8 Å². The summed E-state index contributed by atoms with van der Waals surface area (Å²) in [6.45, 7) is 9.30. The SMILES string of the molecule is CCCCC(CC)C(C)CC.C[NH3+]. The van der Waals surface area contributed by atoms with Gasteiger partial charge in [-0.15, -0.1) is 0 Å². The van der Waals surface area contributed by atoms with E-state index in [9.17, 15) is 0 Å². The lowest BCUT2D eigenvalue weighted by Gasteiger charge is -2.20. The highest BCUT2D eigenvalue weighted by Crippen LogP contribution is 2.23. The lowest BCUT2D eigenvalue weighted by atomic mass is 9.86. The van der Waals surface area contributed by atoms with Crippen LogP contribution in [-0.2, 0) is 0 Å². The third-order valence-electron chi connectivity index (χ3n) is 2.90. The molecule has 1 heteroatoms. The second-order valence-electron chi connectivity index (χ2n) is 3.70. The van der Waals surface area contributed by atoms with Gasteiger partial charge in [-0.25, -0.2) is 0 Å². The van der Waals surface area contributed by atoms with Crippen molar-refractivity contribution in [3.63, 3.8) is 0 Å². The summed E-state index contributed by atoms with van der Waals surface area (Å²) in [7, 11) is 1.75. The molecule has 1 nitrogen and oxygen atoms in total. The summed E-state index contributed by atoms with van der Waals surface area (Å²) in [6.07, 6.45) is 6.94. The quantitative estimate of drug-likeness (QED) is 0.663. The molecule has 0 heterocycles. The first-order chi connectivity index (χ1) is 6.26. The number of unbranched alkanes of at least 4 members (excludes halogenated alkanes) is 1. The molecule has 2 unspecified atom stereocenters. The highest BCUT2D eigenvalue weighted by atomic mass is 14.4. The summed E-state index contributed by atoms with van der Waals surface area (Å²) >= 11 is 0. The van der Waals surface area contributed by atoms with Gasteiger partial charge < -0.3 is 5.73 Å². The van der Waals surface area contributed by atoms with Crippen LogP contribution in [0.15, 0.2) is 0 Å². The van der Waals surface area contributed by atoms with Gasteiger partial charge in [0, 0.05) is 0 Å². The van der Waals surface area contributed by atoms with Crippen LogP contribution in [0, 0.1) is 11.8 Å². The first kappa shape index (κ1) is 15.4. The average molecular weight is 188 g/mol. The molecule has 0 saturated heterocycles. The van der Waals surface area contributed by atoms with Crippen molar-refractivity contribution >= 4 is 0 Å². The van der Waals surface area contributed by atoms with Crippen molar-refractivity contribution in [1.82, 2.24) is 0 Å². The molecular formula is C12H30N+. The minimum Gasteiger partial charge on any atom is -0.360 e. The molecule has 13 heavy (non-hydrogen) atoms. The highest BCUT2D eigenvalue weighted by molar-refractivity contribution is 4.63. The third-order valence-corrected chi connectivity index (χ3v) is 2.90. The van der Waals surface area contributed by atoms with Gasteiger partial charge in [0.25, 0.3) is 0 Å². The molecule has 0 saturated carbocycles. The van der Waals surface area contributed by atoms with E-state index >= 15 is 0 Å². The monoisotopic (exact) mass is 188 g/mol. The van der Waals surface area contributed by atoms with Crippen LogP contribution in [0.4, 0.5) is 0 Å². The minimum atomic E-state index is 0.937. The van der Waals surface area contributed by atoms with E-state index in [2.05, 4.69) is 33.4 Å². The Labute approximate surface area is 85.1 Å². The van der Waals surface area contributed by atoms with Gasteiger partial charge in [-0.05, 0) is 11.8 Å². The molecule has 0 aliphatic heterocycles. The van der Waals surface area contributed by atoms with Gasteiger partial charge in [-0.1, -0.05) is 59.8 Å². The van der Waals surface area contributed by atoms with Crippen LogP contribution in [0.1, 0.15) is 59.8 Å². The molecule has 0 aromatic carbocycles. The van der Waals surface area contributed by atoms with E-state index in [1.807, 2.05) is 0 Å². The summed E-state index contributed by atoms with van der Waals surface area (Å²) in [5, 5.41) is 0. The fraction of sp³-hybridized carbons (Fsp3) is 1.00. The Morgan fingerprint density at radius 3 is 1.85 bits per heavy atom. The van der Waals surface area contributed by atoms with Crippen molar-refractivity contribution in [3.8, 4) is 0 Å². The minimum absolute atomic E-state index is 0.937. The Morgan fingerprint density at radius 1 is 1.00 bits per heavy atom. The highest BCUT2D eigenvalue weighted by Gasteiger charge is 2.11. The Kier molecular flexibility index (Phi) is 14.2. The van der Waals surface area contributed by atoms with E-state index < -0.39 is 0 Å². The van der Waals surface area contributed by atoms with Crippen LogP contribution in [0.25, 0.3) is 0 Å². The van der Waals surface area contributed by atoms with Crippen LogP contribution in [0.5, 0.6) is 0 Å². The van der Waals surface area contributed by atoms with Crippen LogP contribution < -0.4 is 5.73 Å². The molecule has 0 aliphatic carbocycles. The van der Waals surface area contributed by atoms with Gasteiger partial charge >= 0.3 is 0 Å². The van der Waals surface area contributed by atoms with E-state index in [4.69, 9.17) is 0 Å². The number of hydrogen-bond donors (Lipinski definition) is 1. The molecule has 0 fully saturated rings. The van der Waals surface area contributed by atoms with Crippen molar-refractivity contribution in [2.75, 3.05) is 7.05 Å². The van der Waals surface area contributed by atoms with Gasteiger partial charge in [0.1, 0.15) is 0 Å². The molecule has 0 spiro atoms.